The van der Waals surface area contributed by atoms with Crippen LogP contribution < -0.4 is 35.9 Å². The van der Waals surface area contributed by atoms with E-state index in [9.17, 15) is 60.7 Å². The van der Waals surface area contributed by atoms with Crippen LogP contribution in [0.2, 0.25) is 5.02 Å². The molecule has 8 aromatic carbocycles. The summed E-state index contributed by atoms with van der Waals surface area (Å²) in [6, 6.07) is 48.5. The Morgan fingerprint density at radius 3 is 1.33 bits per heavy atom. The summed E-state index contributed by atoms with van der Waals surface area (Å²) in [5.74, 6) is -9.65. The molecule has 25 nitrogen and oxygen atoms in total. The number of halogens is 7. The van der Waals surface area contributed by atoms with Crippen LogP contribution in [0.3, 0.4) is 0 Å². The van der Waals surface area contributed by atoms with E-state index in [4.69, 9.17) is 31.5 Å². The Bertz CT molecular complexity index is 6700. The lowest BCUT2D eigenvalue weighted by Crippen LogP contribution is -2.36. The largest absolute Gasteiger partial charge is 0.456 e. The number of carbonyl (C=O) groups is 9. The standard InChI is InChI=1S/C34H27ClF2N4O4.C34H29F2N5O4.C30H28F2N4O4/c1-19(42)27-17-41(30-16-21(10-11-23(27)30)45-34-38-12-5-13-39-34)18-31(43)25-14-20(36)15-26(25)33(44)40-29-9-4-7-24(32(29)37)22-6-2-3-8-28(22)35;1-19-5-2-3-6-23(19)24-7-4-8-29(32(24)36)40-34(44)27-14-20(35)13-26(27)31(42)18-41-17-28(33(37)43)25-15-21(9-10-30(25)41)45-22-11-12-38-39-16-22;1-17-5-3-6-19(28(17)32)14-35-29(39)24-12-20(31)11-23(24)27(38)16-36-15-25(18(2)37)22-8-7-21(13-26(22)36)40-30-33-9-4-10-34-30/h2-13,16-17,20,25-26H,14-15,18H2,1H3,(H,40,44);2-12,15-17,20,26-27H,13-14,18H2,1H3,(H2,37,43)(H,40,44);3-10,13,15,20,23-24H,11-12,14,16H2,1-2H3,(H,35,39)/t20-,25?,26+;20-,26?,27+;20-,23?,24+/m000/s1. The van der Waals surface area contributed by atoms with Crippen LogP contribution in [0.25, 0.3) is 55.0 Å². The molecular formula is C98H84ClF6N13O12. The number of alkyl halides is 3. The summed E-state index contributed by atoms with van der Waals surface area (Å²) in [6.45, 7) is 5.70. The molecule has 4 amide bonds. The Morgan fingerprint density at radius 2 is 0.846 bits per heavy atom. The maximum Gasteiger partial charge on any atom is 0.321 e. The number of aryl methyl sites for hydroxylation is 2. The van der Waals surface area contributed by atoms with Crippen molar-refractivity contribution >= 4 is 108 Å². The molecule has 130 heavy (non-hydrogen) atoms. The van der Waals surface area contributed by atoms with Crippen molar-refractivity contribution in [2.24, 2.45) is 41.2 Å². The Kier molecular flexibility index (Phi) is 27.4. The Balaban J connectivity index is 0.000000150. The lowest BCUT2D eigenvalue weighted by molar-refractivity contribution is -0.132. The third kappa shape index (κ3) is 20.2. The Hall–Kier alpha value is -14.9. The molecular weight excluding hydrogens is 1700 g/mol. The van der Waals surface area contributed by atoms with Gasteiger partial charge in [-0.15, -0.1) is 0 Å². The van der Waals surface area contributed by atoms with Gasteiger partial charge in [0.25, 0.3) is 5.91 Å². The molecule has 6 heterocycles. The smallest absolute Gasteiger partial charge is 0.321 e. The molecule has 3 saturated carbocycles. The minimum atomic E-state index is -1.38. The van der Waals surface area contributed by atoms with Crippen LogP contribution in [-0.2, 0) is 54.9 Å². The van der Waals surface area contributed by atoms with Gasteiger partial charge in [0, 0.05) is 146 Å². The predicted octanol–water partition coefficient (Wildman–Crippen LogP) is 18.6. The summed E-state index contributed by atoms with van der Waals surface area (Å²) in [5.41, 5.74) is 11.4. The van der Waals surface area contributed by atoms with Gasteiger partial charge in [-0.05, 0) is 156 Å². The molecule has 662 valence electrons. The zero-order valence-corrected chi connectivity index (χ0v) is 71.1. The van der Waals surface area contributed by atoms with Gasteiger partial charge in [0.2, 0.25) is 17.7 Å². The number of ketones is 5. The van der Waals surface area contributed by atoms with Gasteiger partial charge >= 0.3 is 12.0 Å². The molecule has 6 aromatic heterocycles. The van der Waals surface area contributed by atoms with Crippen molar-refractivity contribution in [2.75, 3.05) is 10.6 Å². The van der Waals surface area contributed by atoms with Crippen molar-refractivity contribution in [3.05, 3.63) is 288 Å². The molecule has 3 unspecified atom stereocenters. The summed E-state index contributed by atoms with van der Waals surface area (Å²) in [7, 11) is 0. The lowest BCUT2D eigenvalue weighted by atomic mass is 9.90. The van der Waals surface area contributed by atoms with E-state index in [2.05, 4.69) is 46.1 Å². The first-order valence-corrected chi connectivity index (χ1v) is 42.0. The summed E-state index contributed by atoms with van der Waals surface area (Å²) in [6.07, 6.45) is 8.85. The average molecular weight is 1790 g/mol. The van der Waals surface area contributed by atoms with Crippen molar-refractivity contribution < 1.29 is 83.7 Å². The number of amides is 4. The quantitative estimate of drug-likeness (QED) is 0.0274. The van der Waals surface area contributed by atoms with E-state index in [0.29, 0.717) is 99.7 Å². The summed E-state index contributed by atoms with van der Waals surface area (Å²) < 4.78 is 111. The van der Waals surface area contributed by atoms with Gasteiger partial charge in [-0.25, -0.2) is 46.3 Å². The topological polar surface area (TPSA) is 336 Å². The van der Waals surface area contributed by atoms with E-state index in [-0.39, 0.29) is 128 Å². The molecule has 0 spiro atoms. The fraction of sp³-hybridized carbons (Fsp3) is 0.235. The van der Waals surface area contributed by atoms with Crippen LogP contribution in [-0.4, -0.2) is 115 Å². The molecule has 9 atom stereocenters. The average Bonchev–Trinajstić information content (AvgIpc) is 1.63. The van der Waals surface area contributed by atoms with Crippen LogP contribution >= 0.6 is 11.6 Å². The minimum absolute atomic E-state index is 0.0441. The molecule has 0 bridgehead atoms. The fourth-order valence-electron chi connectivity index (χ4n) is 17.1. The number of nitrogens with one attached hydrogen (secondary N) is 3. The number of nitrogens with two attached hydrogens (primary N) is 1. The summed E-state index contributed by atoms with van der Waals surface area (Å²) >= 11 is 6.26. The van der Waals surface area contributed by atoms with E-state index < -0.39 is 95.1 Å². The Morgan fingerprint density at radius 1 is 0.415 bits per heavy atom. The van der Waals surface area contributed by atoms with Crippen LogP contribution in [0.5, 0.6) is 35.0 Å². The van der Waals surface area contributed by atoms with E-state index in [0.717, 1.165) is 5.56 Å². The normalized spacial score (nSPS) is 18.0. The van der Waals surface area contributed by atoms with Gasteiger partial charge in [-0.1, -0.05) is 96.5 Å². The number of hydrogen-bond donors (Lipinski definition) is 4. The first-order chi connectivity index (χ1) is 62.6. The van der Waals surface area contributed by atoms with Crippen LogP contribution in [0, 0.1) is 66.8 Å². The number of ether oxygens (including phenoxy) is 3. The number of hydrogen-bond acceptors (Lipinski definition) is 18. The molecule has 17 rings (SSSR count). The third-order valence-corrected chi connectivity index (χ3v) is 23.8. The number of anilines is 2. The molecule has 14 aromatic rings. The number of benzene rings is 8. The van der Waals surface area contributed by atoms with Crippen LogP contribution in [0.15, 0.2) is 232 Å². The second kappa shape index (κ2) is 39.6. The van der Waals surface area contributed by atoms with Gasteiger partial charge in [0.05, 0.1) is 77.8 Å². The lowest BCUT2D eigenvalue weighted by Gasteiger charge is -2.19. The van der Waals surface area contributed by atoms with Crippen LogP contribution in [0.4, 0.5) is 37.7 Å². The van der Waals surface area contributed by atoms with Gasteiger partial charge in [0.1, 0.15) is 47.3 Å². The highest BCUT2D eigenvalue weighted by molar-refractivity contribution is 6.33. The van der Waals surface area contributed by atoms with Gasteiger partial charge in [0.15, 0.2) is 40.6 Å². The molecule has 0 saturated heterocycles. The molecule has 0 radical (unpaired) electrons. The summed E-state index contributed by atoms with van der Waals surface area (Å²) in [5, 5.41) is 17.4. The van der Waals surface area contributed by atoms with Gasteiger partial charge in [-0.2, -0.15) is 10.2 Å². The van der Waals surface area contributed by atoms with E-state index in [1.165, 1.54) is 57.0 Å². The van der Waals surface area contributed by atoms with Crippen molar-refractivity contribution in [2.45, 2.75) is 111 Å². The zero-order chi connectivity index (χ0) is 91.7. The molecule has 3 aliphatic rings. The number of nitrogens with zero attached hydrogens (tertiary/aromatic N) is 9. The van der Waals surface area contributed by atoms with Crippen molar-refractivity contribution in [3.8, 4) is 57.3 Å². The third-order valence-electron chi connectivity index (χ3n) is 23.5. The molecule has 32 heteroatoms. The minimum Gasteiger partial charge on any atom is -0.456 e. The monoisotopic (exact) mass is 1780 g/mol. The number of aromatic nitrogens is 9. The molecule has 5 N–H and O–H groups in total. The Labute approximate surface area is 744 Å². The number of carbonyl (C=O) groups excluding carboxylic acids is 9. The maximum absolute atomic E-state index is 15.6. The highest BCUT2D eigenvalue weighted by Crippen LogP contribution is 2.43. The molecule has 3 aliphatic carbocycles. The SMILES string of the molecule is CC(=O)c1cn(CC(=O)C2C[C@H](F)C[C@H]2C(=O)NCc2cccc(C)c2F)c2cc(Oc3ncccn3)ccc12.CC(=O)c1cn(CC(=O)C2C[C@H](F)C[C@H]2C(=O)Nc2cccc(-c3ccccc3Cl)c2F)c2cc(Oc3ncccn3)ccc12.Cc1ccccc1-c1cccc(NC(=O)[C@@H]2C[C@@H](F)CC2C(=O)Cn2cc(C(N)=O)c3cc(Oc4ccnnc4)ccc32)c1F. The van der Waals surface area contributed by atoms with Crippen molar-refractivity contribution in [3.63, 3.8) is 0 Å². The zero-order valence-electron chi connectivity index (χ0n) is 70.4. The second-order valence-electron chi connectivity index (χ2n) is 32.1. The van der Waals surface area contributed by atoms with Gasteiger partial charge < -0.3 is 49.6 Å². The molecule has 3 fully saturated rings. The van der Waals surface area contributed by atoms with Gasteiger partial charge in [-0.3, -0.25) is 43.2 Å². The second-order valence-corrected chi connectivity index (χ2v) is 32.5. The van der Waals surface area contributed by atoms with Crippen molar-refractivity contribution in [1.29, 1.82) is 0 Å². The van der Waals surface area contributed by atoms with Crippen LogP contribution in [0.1, 0.15) is 100 Å². The number of Topliss-reactive ketones (excluding diaryl/α,β-unsaturated/α-hetero) is 5. The summed E-state index contributed by atoms with van der Waals surface area (Å²) in [4.78, 5) is 134. The number of primary amides is 1. The van der Waals surface area contributed by atoms with E-state index in [1.807, 2.05) is 19.1 Å². The maximum atomic E-state index is 15.6. The molecule has 0 aliphatic heterocycles. The fourth-order valence-corrected chi connectivity index (χ4v) is 17.3. The van der Waals surface area contributed by atoms with Crippen molar-refractivity contribution in [1.82, 2.24) is 49.2 Å². The van der Waals surface area contributed by atoms with E-state index >= 15 is 8.78 Å². The number of fused-ring (bicyclic) bond motifs is 3. The first-order valence-electron chi connectivity index (χ1n) is 41.7. The number of rotatable bonds is 27. The first kappa shape index (κ1) is 89.9. The predicted molar refractivity (Wildman–Crippen MR) is 473 cm³/mol. The highest BCUT2D eigenvalue weighted by Gasteiger charge is 2.46. The highest BCUT2D eigenvalue weighted by atomic mass is 35.5. The van der Waals surface area contributed by atoms with E-state index in [1.54, 1.807) is 197 Å².